The van der Waals surface area contributed by atoms with Gasteiger partial charge in [-0.1, -0.05) is 5.57 Å². The number of likely N-dealkylation sites (N-methyl/N-ethyl adjacent to an activating group) is 1. The molecule has 0 unspecified atom stereocenters. The molecule has 0 aliphatic rings. The summed E-state index contributed by atoms with van der Waals surface area (Å²) in [5.41, 5.74) is 0.828. The van der Waals surface area contributed by atoms with Gasteiger partial charge in [0.2, 0.25) is 0 Å². The number of allylic oxidation sites excluding steroid dienone is 1. The van der Waals surface area contributed by atoms with Gasteiger partial charge in [-0.25, -0.2) is 4.79 Å². The number of hydrogen-bond acceptors (Lipinski definition) is 3. The van der Waals surface area contributed by atoms with Gasteiger partial charge in [-0.3, -0.25) is 4.79 Å². The van der Waals surface area contributed by atoms with Crippen molar-refractivity contribution in [1.82, 2.24) is 0 Å². The molecule has 5 nitrogen and oxygen atoms in total. The molecule has 1 atom stereocenters. The molecule has 0 spiro atoms. The predicted octanol–water partition coefficient (Wildman–Crippen LogP) is 1.05. The van der Waals surface area contributed by atoms with Gasteiger partial charge in [0.25, 0.3) is 0 Å². The Bertz CT molecular complexity index is 311. The van der Waals surface area contributed by atoms with E-state index in [1.165, 1.54) is 6.08 Å². The van der Waals surface area contributed by atoms with Crippen LogP contribution in [0.2, 0.25) is 0 Å². The minimum atomic E-state index is -0.964. The monoisotopic (exact) mass is 244 g/mol. The second-order valence-corrected chi connectivity index (χ2v) is 5.35. The van der Waals surface area contributed by atoms with Crippen molar-refractivity contribution < 1.29 is 23.9 Å². The summed E-state index contributed by atoms with van der Waals surface area (Å²) in [6, 6.07) is 0. The second-order valence-electron chi connectivity index (χ2n) is 5.35. The van der Waals surface area contributed by atoms with E-state index in [2.05, 4.69) is 0 Å². The van der Waals surface area contributed by atoms with E-state index in [0.717, 1.165) is 5.57 Å². The van der Waals surface area contributed by atoms with Crippen molar-refractivity contribution in [2.45, 2.75) is 26.4 Å². The SMILES string of the molecule is CC(C)=CC(=O)O[C@@H](CC(=O)O)C[N+](C)(C)C. The van der Waals surface area contributed by atoms with Crippen LogP contribution in [0, 0.1) is 0 Å². The molecule has 0 aromatic rings. The quantitative estimate of drug-likeness (QED) is 0.431. The van der Waals surface area contributed by atoms with Crippen LogP contribution in [-0.2, 0) is 14.3 Å². The molecule has 0 rings (SSSR count). The summed E-state index contributed by atoms with van der Waals surface area (Å²) in [7, 11) is 5.76. The van der Waals surface area contributed by atoms with Crippen LogP contribution in [0.3, 0.4) is 0 Å². The fourth-order valence-corrected chi connectivity index (χ4v) is 1.38. The Balaban J connectivity index is 4.54. The first kappa shape index (κ1) is 15.6. The van der Waals surface area contributed by atoms with Crippen LogP contribution in [0.4, 0.5) is 0 Å². The topological polar surface area (TPSA) is 63.6 Å². The highest BCUT2D eigenvalue weighted by molar-refractivity contribution is 5.83. The summed E-state index contributed by atoms with van der Waals surface area (Å²) in [4.78, 5) is 22.1. The van der Waals surface area contributed by atoms with E-state index in [1.54, 1.807) is 13.8 Å². The molecule has 0 bridgehead atoms. The van der Waals surface area contributed by atoms with Crippen LogP contribution in [0.1, 0.15) is 20.3 Å². The van der Waals surface area contributed by atoms with E-state index in [4.69, 9.17) is 9.84 Å². The highest BCUT2D eigenvalue weighted by atomic mass is 16.5. The van der Waals surface area contributed by atoms with Crippen molar-refractivity contribution in [3.63, 3.8) is 0 Å². The van der Waals surface area contributed by atoms with Crippen LogP contribution in [0.25, 0.3) is 0 Å². The third-order valence-electron chi connectivity index (χ3n) is 1.84. The fraction of sp³-hybridized carbons (Fsp3) is 0.667. The van der Waals surface area contributed by atoms with E-state index < -0.39 is 18.0 Å². The lowest BCUT2D eigenvalue weighted by atomic mass is 10.2. The smallest absolute Gasteiger partial charge is 0.331 e. The number of hydrogen-bond donors (Lipinski definition) is 1. The molecule has 0 saturated heterocycles. The van der Waals surface area contributed by atoms with Gasteiger partial charge in [-0.2, -0.15) is 0 Å². The Morgan fingerprint density at radius 2 is 1.82 bits per heavy atom. The molecule has 17 heavy (non-hydrogen) atoms. The molecule has 98 valence electrons. The zero-order valence-electron chi connectivity index (χ0n) is 11.2. The predicted molar refractivity (Wildman–Crippen MR) is 64.5 cm³/mol. The van der Waals surface area contributed by atoms with E-state index in [1.807, 2.05) is 21.1 Å². The number of ether oxygens (including phenoxy) is 1. The molecule has 0 heterocycles. The van der Waals surface area contributed by atoms with Gasteiger partial charge < -0.3 is 14.3 Å². The first-order chi connectivity index (χ1) is 7.60. The maximum Gasteiger partial charge on any atom is 0.331 e. The molecule has 0 aromatic heterocycles. The number of carbonyl (C=O) groups is 2. The Labute approximate surface area is 102 Å². The normalized spacial score (nSPS) is 12.8. The lowest BCUT2D eigenvalue weighted by molar-refractivity contribution is -0.873. The van der Waals surface area contributed by atoms with Gasteiger partial charge in [0.1, 0.15) is 6.54 Å². The largest absolute Gasteiger partial charge is 0.481 e. The average molecular weight is 244 g/mol. The zero-order valence-corrected chi connectivity index (χ0v) is 11.2. The lowest BCUT2D eigenvalue weighted by Gasteiger charge is -2.28. The molecule has 0 radical (unpaired) electrons. The second kappa shape index (κ2) is 6.39. The van der Waals surface area contributed by atoms with Crippen LogP contribution in [0.15, 0.2) is 11.6 Å². The molecule has 0 aliphatic heterocycles. The summed E-state index contributed by atoms with van der Waals surface area (Å²) in [6.07, 6.45) is 0.596. The Morgan fingerprint density at radius 3 is 2.18 bits per heavy atom. The average Bonchev–Trinajstić information content (AvgIpc) is 1.95. The van der Waals surface area contributed by atoms with Gasteiger partial charge in [-0.05, 0) is 13.8 Å². The van der Waals surface area contributed by atoms with E-state index in [-0.39, 0.29) is 6.42 Å². The highest BCUT2D eigenvalue weighted by Crippen LogP contribution is 2.06. The molecular weight excluding hydrogens is 222 g/mol. The summed E-state index contributed by atoms with van der Waals surface area (Å²) in [5.74, 6) is -1.45. The van der Waals surface area contributed by atoms with Crippen LogP contribution < -0.4 is 0 Å². The number of nitrogens with zero attached hydrogens (tertiary/aromatic N) is 1. The van der Waals surface area contributed by atoms with E-state index in [0.29, 0.717) is 11.0 Å². The number of rotatable bonds is 6. The molecule has 0 saturated carbocycles. The van der Waals surface area contributed by atoms with Gasteiger partial charge in [0.05, 0.1) is 27.6 Å². The van der Waals surface area contributed by atoms with Crippen LogP contribution in [-0.4, -0.2) is 55.3 Å². The van der Waals surface area contributed by atoms with Crippen molar-refractivity contribution in [3.05, 3.63) is 11.6 Å². The third kappa shape index (κ3) is 9.56. The number of quaternary nitrogens is 1. The molecule has 1 N–H and O–H groups in total. The molecule has 0 amide bonds. The minimum absolute atomic E-state index is 0.169. The zero-order chi connectivity index (χ0) is 13.6. The fourth-order valence-electron chi connectivity index (χ4n) is 1.38. The minimum Gasteiger partial charge on any atom is -0.481 e. The number of carbonyl (C=O) groups excluding carboxylic acids is 1. The lowest BCUT2D eigenvalue weighted by Crippen LogP contribution is -2.43. The summed E-state index contributed by atoms with van der Waals surface area (Å²) in [6.45, 7) is 4.04. The Morgan fingerprint density at radius 1 is 1.29 bits per heavy atom. The summed E-state index contributed by atoms with van der Waals surface area (Å²) in [5, 5.41) is 8.76. The third-order valence-corrected chi connectivity index (χ3v) is 1.84. The molecule has 0 fully saturated rings. The number of carboxylic acids is 1. The molecule has 0 aromatic carbocycles. The molecule has 5 heteroatoms. The summed E-state index contributed by atoms with van der Waals surface area (Å²) >= 11 is 0. The van der Waals surface area contributed by atoms with Crippen molar-refractivity contribution in [3.8, 4) is 0 Å². The molecule has 0 aliphatic carbocycles. The van der Waals surface area contributed by atoms with E-state index in [9.17, 15) is 9.59 Å². The van der Waals surface area contributed by atoms with Gasteiger partial charge in [-0.15, -0.1) is 0 Å². The summed E-state index contributed by atoms with van der Waals surface area (Å²) < 4.78 is 5.68. The van der Waals surface area contributed by atoms with E-state index >= 15 is 0 Å². The number of aliphatic carboxylic acids is 1. The first-order valence-corrected chi connectivity index (χ1v) is 5.48. The number of carboxylic acid groups (broad SMARTS) is 1. The van der Waals surface area contributed by atoms with Crippen molar-refractivity contribution in [2.24, 2.45) is 0 Å². The van der Waals surface area contributed by atoms with Crippen LogP contribution >= 0.6 is 0 Å². The van der Waals surface area contributed by atoms with Crippen LogP contribution in [0.5, 0.6) is 0 Å². The Hall–Kier alpha value is -1.36. The molecular formula is C12H22NO4+. The van der Waals surface area contributed by atoms with Crippen molar-refractivity contribution >= 4 is 11.9 Å². The first-order valence-electron chi connectivity index (χ1n) is 5.48. The van der Waals surface area contributed by atoms with Crippen molar-refractivity contribution in [2.75, 3.05) is 27.7 Å². The highest BCUT2D eigenvalue weighted by Gasteiger charge is 2.24. The Kier molecular flexibility index (Phi) is 5.88. The number of esters is 1. The van der Waals surface area contributed by atoms with Gasteiger partial charge in [0, 0.05) is 6.08 Å². The standard InChI is InChI=1S/C12H21NO4/c1-9(2)6-12(16)17-10(7-11(14)15)8-13(3,4)5/h6,10H,7-8H2,1-5H3/p+1/t10-/m0/s1. The van der Waals surface area contributed by atoms with Crippen molar-refractivity contribution in [1.29, 1.82) is 0 Å². The maximum absolute atomic E-state index is 11.4. The van der Waals surface area contributed by atoms with Gasteiger partial charge in [0.15, 0.2) is 6.10 Å². The van der Waals surface area contributed by atoms with Gasteiger partial charge >= 0.3 is 11.9 Å². The maximum atomic E-state index is 11.4.